The molecule has 1 aliphatic rings. The van der Waals surface area contributed by atoms with E-state index >= 15 is 0 Å². The fraction of sp³-hybridized carbons (Fsp3) is 0.0870. The molecule has 0 fully saturated rings. The van der Waals surface area contributed by atoms with Gasteiger partial charge in [-0.25, -0.2) is 0 Å². The summed E-state index contributed by atoms with van der Waals surface area (Å²) < 4.78 is 0. The lowest BCUT2D eigenvalue weighted by Crippen LogP contribution is -2.32. The van der Waals surface area contributed by atoms with Gasteiger partial charge in [0.25, 0.3) is 0 Å². The Morgan fingerprint density at radius 3 is 1.78 bits per heavy atom. The summed E-state index contributed by atoms with van der Waals surface area (Å²) in [5.74, 6) is 3.60. The number of carbonyl (C=O) groups excluding carboxylic acids is 2. The molecule has 4 nitrogen and oxygen atoms in total. The van der Waals surface area contributed by atoms with Crippen LogP contribution in [-0.4, -0.2) is 17.3 Å². The molecule has 0 aliphatic heterocycles. The van der Waals surface area contributed by atoms with E-state index in [9.17, 15) is 9.59 Å². The summed E-state index contributed by atoms with van der Waals surface area (Å²) in [6.07, 6.45) is 0. The van der Waals surface area contributed by atoms with Gasteiger partial charge in [-0.15, -0.1) is 0 Å². The number of hydrogen-bond acceptors (Lipinski definition) is 4. The fourth-order valence-corrected chi connectivity index (χ4v) is 3.74. The van der Waals surface area contributed by atoms with E-state index in [0.29, 0.717) is 16.8 Å². The van der Waals surface area contributed by atoms with Crippen molar-refractivity contribution in [2.24, 2.45) is 16.9 Å². The molecular formula is C23H18N2O2. The normalized spacial score (nSPS) is 17.3. The van der Waals surface area contributed by atoms with Gasteiger partial charge in [0.2, 0.25) is 0 Å². The minimum atomic E-state index is -0.988. The van der Waals surface area contributed by atoms with Crippen molar-refractivity contribution in [3.63, 3.8) is 0 Å². The summed E-state index contributed by atoms with van der Waals surface area (Å²) in [5.41, 5.74) is 3.17. The molecule has 4 rings (SSSR count). The standard InChI is InChI=1S/C23H18N2O2/c24-25-21-17-13-7-8-14-18(17)22(26)20(21)23(27)19(15-9-3-1-4-10-15)16-11-5-2-6-12-16/h1-14,19-20H,24H2/b25-21-/t20-/m1/s1. The van der Waals surface area contributed by atoms with Gasteiger partial charge in [-0.05, 0) is 11.1 Å². The van der Waals surface area contributed by atoms with E-state index in [1.54, 1.807) is 18.2 Å². The third-order valence-corrected chi connectivity index (χ3v) is 4.98. The minimum absolute atomic E-state index is 0.210. The van der Waals surface area contributed by atoms with E-state index in [4.69, 9.17) is 5.84 Å². The van der Waals surface area contributed by atoms with E-state index < -0.39 is 11.8 Å². The molecule has 3 aromatic rings. The maximum absolute atomic E-state index is 13.6. The van der Waals surface area contributed by atoms with Gasteiger partial charge in [0.1, 0.15) is 5.92 Å². The number of Topliss-reactive ketones (excluding diaryl/α,β-unsaturated/α-hetero) is 2. The van der Waals surface area contributed by atoms with Crippen LogP contribution in [0.2, 0.25) is 0 Å². The van der Waals surface area contributed by atoms with Crippen LogP contribution in [0.25, 0.3) is 0 Å². The molecule has 0 saturated heterocycles. The molecule has 0 unspecified atom stereocenters. The van der Waals surface area contributed by atoms with Crippen LogP contribution in [-0.2, 0) is 4.79 Å². The summed E-state index contributed by atoms with van der Waals surface area (Å²) in [6, 6.07) is 26.1. The highest BCUT2D eigenvalue weighted by atomic mass is 16.2. The minimum Gasteiger partial charge on any atom is -0.323 e. The Balaban J connectivity index is 1.83. The van der Waals surface area contributed by atoms with E-state index in [0.717, 1.165) is 11.1 Å². The first-order chi connectivity index (χ1) is 13.2. The smallest absolute Gasteiger partial charge is 0.180 e. The quantitative estimate of drug-likeness (QED) is 0.442. The predicted molar refractivity (Wildman–Crippen MR) is 105 cm³/mol. The molecule has 0 spiro atoms. The first kappa shape index (κ1) is 16.9. The topological polar surface area (TPSA) is 72.5 Å². The molecule has 2 N–H and O–H groups in total. The Labute approximate surface area is 157 Å². The monoisotopic (exact) mass is 354 g/mol. The number of nitrogens with zero attached hydrogens (tertiary/aromatic N) is 1. The molecule has 0 saturated carbocycles. The Morgan fingerprint density at radius 2 is 1.26 bits per heavy atom. The molecule has 0 aromatic heterocycles. The Kier molecular flexibility index (Phi) is 4.38. The summed E-state index contributed by atoms with van der Waals surface area (Å²) in [7, 11) is 0. The van der Waals surface area contributed by atoms with Crippen molar-refractivity contribution in [2.45, 2.75) is 5.92 Å². The maximum Gasteiger partial charge on any atom is 0.180 e. The van der Waals surface area contributed by atoms with E-state index in [1.165, 1.54) is 0 Å². The number of fused-ring (bicyclic) bond motifs is 1. The zero-order chi connectivity index (χ0) is 18.8. The van der Waals surface area contributed by atoms with Gasteiger partial charge in [-0.3, -0.25) is 9.59 Å². The van der Waals surface area contributed by atoms with Gasteiger partial charge in [0.05, 0.1) is 11.6 Å². The van der Waals surface area contributed by atoms with Crippen LogP contribution in [0, 0.1) is 5.92 Å². The highest BCUT2D eigenvalue weighted by molar-refractivity contribution is 6.37. The van der Waals surface area contributed by atoms with Gasteiger partial charge in [0.15, 0.2) is 11.6 Å². The number of hydrazone groups is 1. The average Bonchev–Trinajstić information content (AvgIpc) is 3.02. The largest absolute Gasteiger partial charge is 0.323 e. The van der Waals surface area contributed by atoms with Crippen LogP contribution >= 0.6 is 0 Å². The second-order valence-electron chi connectivity index (χ2n) is 6.51. The molecule has 0 heterocycles. The van der Waals surface area contributed by atoms with Crippen molar-refractivity contribution in [2.75, 3.05) is 0 Å². The van der Waals surface area contributed by atoms with Crippen LogP contribution in [0.15, 0.2) is 90.0 Å². The van der Waals surface area contributed by atoms with Crippen molar-refractivity contribution in [3.8, 4) is 0 Å². The first-order valence-corrected chi connectivity index (χ1v) is 8.77. The van der Waals surface area contributed by atoms with Gasteiger partial charge in [0, 0.05) is 11.1 Å². The number of benzene rings is 3. The molecule has 1 aliphatic carbocycles. The Hall–Kier alpha value is -3.53. The number of ketones is 2. The number of nitrogens with two attached hydrogens (primary N) is 1. The van der Waals surface area contributed by atoms with Crippen molar-refractivity contribution in [3.05, 3.63) is 107 Å². The van der Waals surface area contributed by atoms with Crippen LogP contribution in [0.5, 0.6) is 0 Å². The van der Waals surface area contributed by atoms with E-state index in [2.05, 4.69) is 5.10 Å². The number of rotatable bonds is 4. The van der Waals surface area contributed by atoms with E-state index in [1.807, 2.05) is 66.7 Å². The second kappa shape index (κ2) is 7.00. The molecule has 1 atom stereocenters. The summed E-state index contributed by atoms with van der Waals surface area (Å²) in [4.78, 5) is 26.7. The lowest BCUT2D eigenvalue weighted by Gasteiger charge is -2.20. The fourth-order valence-electron chi connectivity index (χ4n) is 3.74. The molecule has 4 heteroatoms. The molecule has 0 radical (unpaired) electrons. The predicted octanol–water partition coefficient (Wildman–Crippen LogP) is 3.56. The van der Waals surface area contributed by atoms with Gasteiger partial charge in [-0.1, -0.05) is 84.9 Å². The average molecular weight is 354 g/mol. The van der Waals surface area contributed by atoms with Crippen molar-refractivity contribution in [1.82, 2.24) is 0 Å². The molecule has 0 bridgehead atoms. The maximum atomic E-state index is 13.6. The van der Waals surface area contributed by atoms with Crippen LogP contribution in [0.1, 0.15) is 33.0 Å². The van der Waals surface area contributed by atoms with E-state index in [-0.39, 0.29) is 11.6 Å². The van der Waals surface area contributed by atoms with Crippen LogP contribution in [0.4, 0.5) is 0 Å². The van der Waals surface area contributed by atoms with Crippen LogP contribution < -0.4 is 5.84 Å². The number of carbonyl (C=O) groups is 2. The zero-order valence-corrected chi connectivity index (χ0v) is 14.6. The van der Waals surface area contributed by atoms with Crippen molar-refractivity contribution < 1.29 is 9.59 Å². The zero-order valence-electron chi connectivity index (χ0n) is 14.6. The highest BCUT2D eigenvalue weighted by Gasteiger charge is 2.44. The Morgan fingerprint density at radius 1 is 0.778 bits per heavy atom. The first-order valence-electron chi connectivity index (χ1n) is 8.77. The summed E-state index contributed by atoms with van der Waals surface area (Å²) >= 11 is 0. The highest BCUT2D eigenvalue weighted by Crippen LogP contribution is 2.35. The third kappa shape index (κ3) is 2.85. The third-order valence-electron chi connectivity index (χ3n) is 4.98. The lowest BCUT2D eigenvalue weighted by molar-refractivity contribution is -0.120. The van der Waals surface area contributed by atoms with Crippen molar-refractivity contribution in [1.29, 1.82) is 0 Å². The molecule has 132 valence electrons. The molecule has 27 heavy (non-hydrogen) atoms. The van der Waals surface area contributed by atoms with Crippen LogP contribution in [0.3, 0.4) is 0 Å². The summed E-state index contributed by atoms with van der Waals surface area (Å²) in [5, 5.41) is 3.83. The Bertz CT molecular complexity index is 987. The molecule has 0 amide bonds. The van der Waals surface area contributed by atoms with Gasteiger partial charge in [-0.2, -0.15) is 5.10 Å². The van der Waals surface area contributed by atoms with Gasteiger partial charge < -0.3 is 5.84 Å². The molecular weight excluding hydrogens is 336 g/mol. The lowest BCUT2D eigenvalue weighted by atomic mass is 9.80. The van der Waals surface area contributed by atoms with Crippen molar-refractivity contribution >= 4 is 17.3 Å². The van der Waals surface area contributed by atoms with Gasteiger partial charge >= 0.3 is 0 Å². The molecule has 3 aromatic carbocycles. The second-order valence-corrected chi connectivity index (χ2v) is 6.51. The SMILES string of the molecule is N/N=C1/c2ccccc2C(=O)[C@@H]1C(=O)C(c1ccccc1)c1ccccc1. The summed E-state index contributed by atoms with van der Waals surface area (Å²) in [6.45, 7) is 0. The number of hydrogen-bond donors (Lipinski definition) is 1.